The highest BCUT2D eigenvalue weighted by molar-refractivity contribution is 5.88. The van der Waals surface area contributed by atoms with Crippen LogP contribution in [0.15, 0.2) is 43.1 Å². The van der Waals surface area contributed by atoms with Crippen LogP contribution >= 0.6 is 0 Å². The molecule has 0 radical (unpaired) electrons. The number of hydrogen-bond acceptors (Lipinski definition) is 4. The first-order valence-electron chi connectivity index (χ1n) is 5.49. The van der Waals surface area contributed by atoms with E-state index in [0.717, 1.165) is 5.56 Å². The highest BCUT2D eigenvalue weighted by Crippen LogP contribution is 2.09. The molecule has 0 saturated carbocycles. The molecule has 2 heterocycles. The largest absolute Gasteiger partial charge is 0.331 e. The third-order valence-corrected chi connectivity index (χ3v) is 2.36. The second-order valence-corrected chi connectivity index (χ2v) is 3.70. The van der Waals surface area contributed by atoms with Gasteiger partial charge < -0.3 is 5.32 Å². The molecular weight excluding hydrogens is 230 g/mol. The number of aromatic nitrogens is 3. The van der Waals surface area contributed by atoms with Gasteiger partial charge in [0.1, 0.15) is 12.1 Å². The summed E-state index contributed by atoms with van der Waals surface area (Å²) in [5.74, 6) is 0.459. The van der Waals surface area contributed by atoms with Gasteiger partial charge in [0.05, 0.1) is 6.04 Å². The van der Waals surface area contributed by atoms with E-state index in [1.165, 1.54) is 6.33 Å². The Hall–Kier alpha value is -2.50. The number of amides is 2. The van der Waals surface area contributed by atoms with Gasteiger partial charge in [0.2, 0.25) is 0 Å². The third-order valence-electron chi connectivity index (χ3n) is 2.36. The summed E-state index contributed by atoms with van der Waals surface area (Å²) in [6, 6.07) is 4.91. The van der Waals surface area contributed by atoms with Crippen LogP contribution in [0.1, 0.15) is 18.5 Å². The SMILES string of the molecule is CC(NC(=O)Nc1ccncn1)c1cccnc1. The number of urea groups is 1. The maximum absolute atomic E-state index is 11.7. The minimum Gasteiger partial charge on any atom is -0.331 e. The monoisotopic (exact) mass is 243 g/mol. The fourth-order valence-corrected chi connectivity index (χ4v) is 1.43. The molecule has 6 heteroatoms. The van der Waals surface area contributed by atoms with Crippen molar-refractivity contribution in [1.29, 1.82) is 0 Å². The molecular formula is C12H13N5O. The lowest BCUT2D eigenvalue weighted by Gasteiger charge is -2.14. The second-order valence-electron chi connectivity index (χ2n) is 3.70. The number of anilines is 1. The normalized spacial score (nSPS) is 11.6. The van der Waals surface area contributed by atoms with Crippen molar-refractivity contribution in [3.8, 4) is 0 Å². The lowest BCUT2D eigenvalue weighted by molar-refractivity contribution is 0.249. The van der Waals surface area contributed by atoms with E-state index in [-0.39, 0.29) is 12.1 Å². The fraction of sp³-hybridized carbons (Fsp3) is 0.167. The molecule has 2 N–H and O–H groups in total. The van der Waals surface area contributed by atoms with Crippen molar-refractivity contribution in [1.82, 2.24) is 20.3 Å². The molecule has 18 heavy (non-hydrogen) atoms. The fourth-order valence-electron chi connectivity index (χ4n) is 1.43. The number of pyridine rings is 1. The van der Waals surface area contributed by atoms with Crippen LogP contribution in [0.5, 0.6) is 0 Å². The summed E-state index contributed by atoms with van der Waals surface area (Å²) in [6.07, 6.45) is 6.35. The highest BCUT2D eigenvalue weighted by atomic mass is 16.2. The van der Waals surface area contributed by atoms with E-state index in [1.807, 2.05) is 19.1 Å². The molecule has 2 rings (SSSR count). The molecule has 1 atom stereocenters. The molecule has 2 amide bonds. The summed E-state index contributed by atoms with van der Waals surface area (Å²) in [7, 11) is 0. The van der Waals surface area contributed by atoms with Gasteiger partial charge in [-0.3, -0.25) is 10.3 Å². The van der Waals surface area contributed by atoms with Gasteiger partial charge in [0.25, 0.3) is 0 Å². The van der Waals surface area contributed by atoms with Crippen LogP contribution in [-0.4, -0.2) is 21.0 Å². The Labute approximate surface area is 105 Å². The van der Waals surface area contributed by atoms with E-state index in [9.17, 15) is 4.79 Å². The summed E-state index contributed by atoms with van der Waals surface area (Å²) >= 11 is 0. The van der Waals surface area contributed by atoms with Crippen LogP contribution in [0, 0.1) is 0 Å². The lowest BCUT2D eigenvalue weighted by atomic mass is 10.1. The Morgan fingerprint density at radius 3 is 2.83 bits per heavy atom. The molecule has 0 bridgehead atoms. The predicted octanol–water partition coefficient (Wildman–Crippen LogP) is 1.75. The average molecular weight is 243 g/mol. The van der Waals surface area contributed by atoms with Gasteiger partial charge in [-0.05, 0) is 24.6 Å². The Morgan fingerprint density at radius 1 is 1.28 bits per heavy atom. The number of nitrogens with zero attached hydrogens (tertiary/aromatic N) is 3. The van der Waals surface area contributed by atoms with Gasteiger partial charge in [-0.15, -0.1) is 0 Å². The summed E-state index contributed by atoms with van der Waals surface area (Å²) in [4.78, 5) is 23.4. The number of rotatable bonds is 3. The van der Waals surface area contributed by atoms with Crippen LogP contribution in [0.4, 0.5) is 10.6 Å². The molecule has 0 saturated heterocycles. The van der Waals surface area contributed by atoms with Gasteiger partial charge in [-0.1, -0.05) is 6.07 Å². The molecule has 2 aromatic rings. The van der Waals surface area contributed by atoms with E-state index < -0.39 is 0 Å². The molecule has 92 valence electrons. The average Bonchev–Trinajstić information content (AvgIpc) is 2.40. The van der Waals surface area contributed by atoms with Crippen molar-refractivity contribution >= 4 is 11.8 Å². The van der Waals surface area contributed by atoms with E-state index in [2.05, 4.69) is 25.6 Å². The van der Waals surface area contributed by atoms with Crippen LogP contribution < -0.4 is 10.6 Å². The smallest absolute Gasteiger partial charge is 0.320 e. The summed E-state index contributed by atoms with van der Waals surface area (Å²) < 4.78 is 0. The minimum absolute atomic E-state index is 0.125. The molecule has 0 aliphatic heterocycles. The third kappa shape index (κ3) is 3.24. The number of hydrogen-bond donors (Lipinski definition) is 2. The molecule has 0 aliphatic rings. The first-order valence-corrected chi connectivity index (χ1v) is 5.49. The maximum atomic E-state index is 11.7. The van der Waals surface area contributed by atoms with Crippen molar-refractivity contribution in [3.05, 3.63) is 48.7 Å². The minimum atomic E-state index is -0.315. The number of carbonyl (C=O) groups excluding carboxylic acids is 1. The molecule has 0 spiro atoms. The maximum Gasteiger partial charge on any atom is 0.320 e. The molecule has 0 aromatic carbocycles. The summed E-state index contributed by atoms with van der Waals surface area (Å²) in [5, 5.41) is 5.42. The highest BCUT2D eigenvalue weighted by Gasteiger charge is 2.09. The van der Waals surface area contributed by atoms with E-state index >= 15 is 0 Å². The van der Waals surface area contributed by atoms with E-state index in [4.69, 9.17) is 0 Å². The van der Waals surface area contributed by atoms with Gasteiger partial charge in [-0.2, -0.15) is 0 Å². The Bertz CT molecular complexity index is 502. The first-order chi connectivity index (χ1) is 8.75. The first kappa shape index (κ1) is 12.0. The summed E-state index contributed by atoms with van der Waals surface area (Å²) in [6.45, 7) is 1.89. The summed E-state index contributed by atoms with van der Waals surface area (Å²) in [5.41, 5.74) is 0.940. The standard InChI is InChI=1S/C12H13N5O/c1-9(10-3-2-5-13-7-10)16-12(18)17-11-4-6-14-8-15-11/h2-9H,1H3,(H2,14,15,16,17,18). The van der Waals surface area contributed by atoms with Crippen LogP contribution in [0.3, 0.4) is 0 Å². The Balaban J connectivity index is 1.92. The second kappa shape index (κ2) is 5.72. The zero-order chi connectivity index (χ0) is 12.8. The van der Waals surface area contributed by atoms with Crippen LogP contribution in [0.25, 0.3) is 0 Å². The van der Waals surface area contributed by atoms with Gasteiger partial charge in [-0.25, -0.2) is 14.8 Å². The van der Waals surface area contributed by atoms with Crippen molar-refractivity contribution < 1.29 is 4.79 Å². The topological polar surface area (TPSA) is 79.8 Å². The molecule has 0 fully saturated rings. The Morgan fingerprint density at radius 2 is 2.17 bits per heavy atom. The van der Waals surface area contributed by atoms with Crippen molar-refractivity contribution in [2.75, 3.05) is 5.32 Å². The van der Waals surface area contributed by atoms with Crippen molar-refractivity contribution in [2.24, 2.45) is 0 Å². The molecule has 2 aromatic heterocycles. The molecule has 6 nitrogen and oxygen atoms in total. The zero-order valence-corrected chi connectivity index (χ0v) is 9.87. The van der Waals surface area contributed by atoms with Gasteiger partial charge in [0, 0.05) is 18.6 Å². The number of carbonyl (C=O) groups is 1. The van der Waals surface area contributed by atoms with Crippen molar-refractivity contribution in [3.63, 3.8) is 0 Å². The molecule has 0 aliphatic carbocycles. The zero-order valence-electron chi connectivity index (χ0n) is 9.87. The quantitative estimate of drug-likeness (QED) is 0.860. The Kier molecular flexibility index (Phi) is 3.80. The molecule has 1 unspecified atom stereocenters. The van der Waals surface area contributed by atoms with Crippen molar-refractivity contribution in [2.45, 2.75) is 13.0 Å². The van der Waals surface area contributed by atoms with Gasteiger partial charge >= 0.3 is 6.03 Å². The van der Waals surface area contributed by atoms with Crippen LogP contribution in [0.2, 0.25) is 0 Å². The van der Waals surface area contributed by atoms with Crippen LogP contribution in [-0.2, 0) is 0 Å². The van der Waals surface area contributed by atoms with Gasteiger partial charge in [0.15, 0.2) is 0 Å². The van der Waals surface area contributed by atoms with E-state index in [0.29, 0.717) is 5.82 Å². The lowest BCUT2D eigenvalue weighted by Crippen LogP contribution is -2.31. The van der Waals surface area contributed by atoms with E-state index in [1.54, 1.807) is 24.7 Å². The predicted molar refractivity (Wildman–Crippen MR) is 66.8 cm³/mol. The number of nitrogens with one attached hydrogen (secondary N) is 2.